The Balaban J connectivity index is 1.61. The van der Waals surface area contributed by atoms with E-state index in [0.29, 0.717) is 28.9 Å². The average molecular weight is 347 g/mol. The van der Waals surface area contributed by atoms with Gasteiger partial charge >= 0.3 is 0 Å². The highest BCUT2D eigenvalue weighted by atomic mass is 32.2. The fourth-order valence-electron chi connectivity index (χ4n) is 2.16. The Morgan fingerprint density at radius 3 is 2.46 bits per heavy atom. The molecule has 4 nitrogen and oxygen atoms in total. The molecule has 0 radical (unpaired) electrons. The number of aromatic nitrogens is 3. The second-order valence-corrected chi connectivity index (χ2v) is 6.03. The van der Waals surface area contributed by atoms with Gasteiger partial charge < -0.3 is 9.30 Å². The molecule has 0 aliphatic heterocycles. The van der Waals surface area contributed by atoms with Crippen LogP contribution in [0.15, 0.2) is 53.7 Å². The van der Waals surface area contributed by atoms with E-state index >= 15 is 0 Å². The van der Waals surface area contributed by atoms with Crippen LogP contribution in [-0.2, 0) is 7.05 Å². The first kappa shape index (κ1) is 16.4. The molecule has 3 aromatic rings. The molecule has 0 bridgehead atoms. The summed E-state index contributed by atoms with van der Waals surface area (Å²) in [7, 11) is 1.78. The maximum absolute atomic E-state index is 13.9. The van der Waals surface area contributed by atoms with Gasteiger partial charge in [-0.25, -0.2) is 8.78 Å². The van der Waals surface area contributed by atoms with Crippen molar-refractivity contribution >= 4 is 11.8 Å². The standard InChI is InChI=1S/C17H15F2N3OS/c1-22-16(12-6-2-3-7-13(12)18)20-21-17(22)24-11-10-23-15-9-5-4-8-14(15)19/h2-9H,10-11H2,1H3. The third kappa shape index (κ3) is 3.56. The number of halogens is 2. The molecule has 2 aromatic carbocycles. The second-order valence-electron chi connectivity index (χ2n) is 4.97. The molecule has 0 spiro atoms. The largest absolute Gasteiger partial charge is 0.490 e. The van der Waals surface area contributed by atoms with Crippen LogP contribution in [0.3, 0.4) is 0 Å². The summed E-state index contributed by atoms with van der Waals surface area (Å²) in [6.07, 6.45) is 0. The quantitative estimate of drug-likeness (QED) is 0.500. The van der Waals surface area contributed by atoms with Gasteiger partial charge in [0.15, 0.2) is 22.5 Å². The SMILES string of the molecule is Cn1c(SCCOc2ccccc2F)nnc1-c1ccccc1F. The highest BCUT2D eigenvalue weighted by molar-refractivity contribution is 7.99. The number of ether oxygens (including phenoxy) is 1. The van der Waals surface area contributed by atoms with Crippen LogP contribution in [0.1, 0.15) is 0 Å². The van der Waals surface area contributed by atoms with E-state index in [2.05, 4.69) is 10.2 Å². The highest BCUT2D eigenvalue weighted by Crippen LogP contribution is 2.24. The molecular formula is C17H15F2N3OS. The molecule has 24 heavy (non-hydrogen) atoms. The molecule has 1 heterocycles. The van der Waals surface area contributed by atoms with Crippen molar-refractivity contribution < 1.29 is 13.5 Å². The second kappa shape index (κ2) is 7.44. The maximum atomic E-state index is 13.9. The molecule has 7 heteroatoms. The molecule has 3 rings (SSSR count). The van der Waals surface area contributed by atoms with Crippen LogP contribution in [0, 0.1) is 11.6 Å². The number of hydrogen-bond acceptors (Lipinski definition) is 4. The third-order valence-electron chi connectivity index (χ3n) is 3.36. The molecule has 0 N–H and O–H groups in total. The van der Waals surface area contributed by atoms with Gasteiger partial charge in [0.05, 0.1) is 12.2 Å². The zero-order valence-electron chi connectivity index (χ0n) is 12.9. The predicted molar refractivity (Wildman–Crippen MR) is 89.0 cm³/mol. The Morgan fingerprint density at radius 2 is 1.71 bits per heavy atom. The van der Waals surface area contributed by atoms with E-state index in [4.69, 9.17) is 4.74 Å². The van der Waals surface area contributed by atoms with Crippen molar-refractivity contribution in [2.24, 2.45) is 7.05 Å². The van der Waals surface area contributed by atoms with E-state index < -0.39 is 0 Å². The third-order valence-corrected chi connectivity index (χ3v) is 4.34. The van der Waals surface area contributed by atoms with Gasteiger partial charge in [0.2, 0.25) is 0 Å². The van der Waals surface area contributed by atoms with Crippen molar-refractivity contribution in [2.75, 3.05) is 12.4 Å². The number of benzene rings is 2. The van der Waals surface area contributed by atoms with Crippen molar-refractivity contribution in [3.05, 3.63) is 60.2 Å². The normalized spacial score (nSPS) is 10.8. The predicted octanol–water partition coefficient (Wildman–Crippen LogP) is 3.93. The van der Waals surface area contributed by atoms with Gasteiger partial charge in [-0.2, -0.15) is 0 Å². The molecule has 0 aliphatic carbocycles. The van der Waals surface area contributed by atoms with Crippen LogP contribution in [-0.4, -0.2) is 27.1 Å². The zero-order valence-corrected chi connectivity index (χ0v) is 13.8. The fourth-order valence-corrected chi connectivity index (χ4v) is 2.89. The van der Waals surface area contributed by atoms with E-state index in [0.717, 1.165) is 0 Å². The molecule has 124 valence electrons. The van der Waals surface area contributed by atoms with Gasteiger partial charge in [0.1, 0.15) is 5.82 Å². The summed E-state index contributed by atoms with van der Waals surface area (Å²) in [4.78, 5) is 0. The minimum Gasteiger partial charge on any atom is -0.490 e. The lowest BCUT2D eigenvalue weighted by Crippen LogP contribution is -2.03. The van der Waals surface area contributed by atoms with Crippen molar-refractivity contribution in [1.82, 2.24) is 14.8 Å². The number of hydrogen-bond donors (Lipinski definition) is 0. The molecule has 0 aliphatic rings. The number of rotatable bonds is 6. The van der Waals surface area contributed by atoms with E-state index in [9.17, 15) is 8.78 Å². The summed E-state index contributed by atoms with van der Waals surface area (Å²) in [6, 6.07) is 12.7. The lowest BCUT2D eigenvalue weighted by Gasteiger charge is -2.07. The summed E-state index contributed by atoms with van der Waals surface area (Å²) in [5, 5.41) is 8.77. The van der Waals surface area contributed by atoms with Crippen LogP contribution >= 0.6 is 11.8 Å². The fraction of sp³-hybridized carbons (Fsp3) is 0.176. The molecule has 1 aromatic heterocycles. The monoisotopic (exact) mass is 347 g/mol. The van der Waals surface area contributed by atoms with Gasteiger partial charge in [0.25, 0.3) is 0 Å². The van der Waals surface area contributed by atoms with Crippen LogP contribution in [0.4, 0.5) is 8.78 Å². The number of para-hydroxylation sites is 1. The van der Waals surface area contributed by atoms with E-state index in [-0.39, 0.29) is 17.4 Å². The number of nitrogens with zero attached hydrogens (tertiary/aromatic N) is 3. The van der Waals surface area contributed by atoms with Gasteiger partial charge in [-0.05, 0) is 24.3 Å². The number of thioether (sulfide) groups is 1. The topological polar surface area (TPSA) is 39.9 Å². The van der Waals surface area contributed by atoms with Gasteiger partial charge in [-0.3, -0.25) is 0 Å². The summed E-state index contributed by atoms with van der Waals surface area (Å²) in [6.45, 7) is 0.327. The highest BCUT2D eigenvalue weighted by Gasteiger charge is 2.14. The van der Waals surface area contributed by atoms with Crippen LogP contribution in [0.25, 0.3) is 11.4 Å². The van der Waals surface area contributed by atoms with E-state index in [1.165, 1.54) is 23.9 Å². The molecule has 0 saturated carbocycles. The smallest absolute Gasteiger partial charge is 0.191 e. The minimum absolute atomic E-state index is 0.225. The maximum Gasteiger partial charge on any atom is 0.191 e. The van der Waals surface area contributed by atoms with Crippen molar-refractivity contribution in [1.29, 1.82) is 0 Å². The van der Waals surface area contributed by atoms with Crippen LogP contribution in [0.2, 0.25) is 0 Å². The van der Waals surface area contributed by atoms with Crippen molar-refractivity contribution in [3.8, 4) is 17.1 Å². The Bertz CT molecular complexity index is 838. The Hall–Kier alpha value is -2.41. The average Bonchev–Trinajstić information content (AvgIpc) is 2.94. The summed E-state index contributed by atoms with van der Waals surface area (Å²) >= 11 is 1.41. The van der Waals surface area contributed by atoms with E-state index in [1.807, 2.05) is 0 Å². The van der Waals surface area contributed by atoms with Crippen molar-refractivity contribution in [2.45, 2.75) is 5.16 Å². The molecule has 0 atom stereocenters. The lowest BCUT2D eigenvalue weighted by atomic mass is 10.2. The first-order chi connectivity index (χ1) is 11.7. The molecule has 0 amide bonds. The van der Waals surface area contributed by atoms with Gasteiger partial charge in [-0.15, -0.1) is 10.2 Å². The first-order valence-electron chi connectivity index (χ1n) is 7.31. The van der Waals surface area contributed by atoms with Gasteiger partial charge in [0, 0.05) is 12.8 Å². The van der Waals surface area contributed by atoms with Crippen molar-refractivity contribution in [3.63, 3.8) is 0 Å². The summed E-state index contributed by atoms with van der Waals surface area (Å²) in [5.41, 5.74) is 0.405. The zero-order chi connectivity index (χ0) is 16.9. The summed E-state index contributed by atoms with van der Waals surface area (Å²) < 4.78 is 34.4. The molecular weight excluding hydrogens is 332 g/mol. The lowest BCUT2D eigenvalue weighted by molar-refractivity contribution is 0.325. The van der Waals surface area contributed by atoms with Crippen LogP contribution < -0.4 is 4.74 Å². The Labute approximate surface area is 142 Å². The van der Waals surface area contributed by atoms with Gasteiger partial charge in [-0.1, -0.05) is 36.0 Å². The molecule has 0 fully saturated rings. The molecule has 0 unspecified atom stereocenters. The Kier molecular flexibility index (Phi) is 5.10. The molecule has 0 saturated heterocycles. The van der Waals surface area contributed by atoms with E-state index in [1.54, 1.807) is 48.0 Å². The van der Waals surface area contributed by atoms with Crippen LogP contribution in [0.5, 0.6) is 5.75 Å². The summed E-state index contributed by atoms with van der Waals surface area (Å²) in [5.74, 6) is 0.529. The minimum atomic E-state index is -0.386. The first-order valence-corrected chi connectivity index (χ1v) is 8.30. The Morgan fingerprint density at radius 1 is 1.00 bits per heavy atom.